The van der Waals surface area contributed by atoms with Crippen molar-refractivity contribution in [2.45, 2.75) is 13.8 Å². The van der Waals surface area contributed by atoms with Crippen molar-refractivity contribution in [3.05, 3.63) is 53.6 Å². The lowest BCUT2D eigenvalue weighted by atomic mass is 10.0. The Hall–Kier alpha value is -3.61. The zero-order chi connectivity index (χ0) is 20.7. The van der Waals surface area contributed by atoms with Crippen molar-refractivity contribution in [2.75, 3.05) is 14.2 Å². The van der Waals surface area contributed by atoms with E-state index < -0.39 is 17.7 Å². The molecule has 0 aliphatic heterocycles. The van der Waals surface area contributed by atoms with Crippen LogP contribution >= 0.6 is 0 Å². The van der Waals surface area contributed by atoms with Crippen LogP contribution in [0.1, 0.15) is 29.8 Å². The molecule has 0 bridgehead atoms. The SMILES string of the molecule is COc1cc(OC(C)=O)c(C(=O)C=Cc2ccccc2)c(OC(C)=O)c1OC. The Labute approximate surface area is 162 Å². The molecule has 0 unspecified atom stereocenters. The maximum Gasteiger partial charge on any atom is 0.308 e. The second-order valence-corrected chi connectivity index (χ2v) is 5.61. The summed E-state index contributed by atoms with van der Waals surface area (Å²) < 4.78 is 20.8. The van der Waals surface area contributed by atoms with Crippen LogP contribution in [0.5, 0.6) is 23.0 Å². The van der Waals surface area contributed by atoms with Crippen LogP contribution in [0.4, 0.5) is 0 Å². The summed E-state index contributed by atoms with van der Waals surface area (Å²) in [6, 6.07) is 10.5. The number of allylic oxidation sites excluding steroid dienone is 1. The molecule has 2 aromatic carbocycles. The second kappa shape index (κ2) is 9.36. The van der Waals surface area contributed by atoms with Gasteiger partial charge in [0.2, 0.25) is 5.75 Å². The summed E-state index contributed by atoms with van der Waals surface area (Å²) in [4.78, 5) is 36.1. The van der Waals surface area contributed by atoms with Crippen LogP contribution in [0.3, 0.4) is 0 Å². The first-order valence-corrected chi connectivity index (χ1v) is 8.30. The van der Waals surface area contributed by atoms with E-state index in [0.717, 1.165) is 5.56 Å². The van der Waals surface area contributed by atoms with E-state index in [1.165, 1.54) is 40.2 Å². The summed E-state index contributed by atoms with van der Waals surface area (Å²) in [6.07, 6.45) is 2.88. The summed E-state index contributed by atoms with van der Waals surface area (Å²) in [6.45, 7) is 2.37. The highest BCUT2D eigenvalue weighted by atomic mass is 16.6. The molecular formula is C21H20O7. The van der Waals surface area contributed by atoms with Gasteiger partial charge in [0.1, 0.15) is 11.3 Å². The van der Waals surface area contributed by atoms with Crippen LogP contribution in [-0.2, 0) is 9.59 Å². The third kappa shape index (κ3) is 4.97. The maximum atomic E-state index is 12.9. The number of methoxy groups -OCH3 is 2. The van der Waals surface area contributed by atoms with Gasteiger partial charge in [-0.15, -0.1) is 0 Å². The van der Waals surface area contributed by atoms with Crippen LogP contribution in [0.15, 0.2) is 42.5 Å². The molecule has 0 amide bonds. The number of carbonyl (C=O) groups excluding carboxylic acids is 3. The van der Waals surface area contributed by atoms with Crippen LogP contribution < -0.4 is 18.9 Å². The molecule has 7 heteroatoms. The van der Waals surface area contributed by atoms with Crippen LogP contribution in [-0.4, -0.2) is 31.9 Å². The highest BCUT2D eigenvalue weighted by molar-refractivity contribution is 6.12. The van der Waals surface area contributed by atoms with Gasteiger partial charge >= 0.3 is 11.9 Å². The zero-order valence-electron chi connectivity index (χ0n) is 16.0. The Morgan fingerprint density at radius 1 is 0.821 bits per heavy atom. The first kappa shape index (κ1) is 20.7. The Bertz CT molecular complexity index is 914. The fourth-order valence-corrected chi connectivity index (χ4v) is 2.47. The number of hydrogen-bond acceptors (Lipinski definition) is 7. The molecule has 0 saturated carbocycles. The van der Waals surface area contributed by atoms with E-state index in [4.69, 9.17) is 18.9 Å². The molecule has 7 nitrogen and oxygen atoms in total. The van der Waals surface area contributed by atoms with Gasteiger partial charge < -0.3 is 18.9 Å². The lowest BCUT2D eigenvalue weighted by Gasteiger charge is -2.17. The molecule has 28 heavy (non-hydrogen) atoms. The van der Waals surface area contributed by atoms with E-state index in [-0.39, 0.29) is 28.6 Å². The highest BCUT2D eigenvalue weighted by Crippen LogP contribution is 2.45. The van der Waals surface area contributed by atoms with Gasteiger partial charge in [-0.05, 0) is 11.6 Å². The summed E-state index contributed by atoms with van der Waals surface area (Å²) >= 11 is 0. The first-order chi connectivity index (χ1) is 13.4. The predicted octanol–water partition coefficient (Wildman–Crippen LogP) is 3.45. The molecule has 0 heterocycles. The highest BCUT2D eigenvalue weighted by Gasteiger charge is 2.27. The molecule has 0 atom stereocenters. The molecule has 0 aromatic heterocycles. The van der Waals surface area contributed by atoms with Crippen LogP contribution in [0, 0.1) is 0 Å². The molecular weight excluding hydrogens is 364 g/mol. The topological polar surface area (TPSA) is 88.1 Å². The van der Waals surface area contributed by atoms with Crippen LogP contribution in [0.25, 0.3) is 6.08 Å². The monoisotopic (exact) mass is 384 g/mol. The van der Waals surface area contributed by atoms with E-state index in [0.29, 0.717) is 0 Å². The number of hydrogen-bond donors (Lipinski definition) is 0. The molecule has 0 aliphatic rings. The summed E-state index contributed by atoms with van der Waals surface area (Å²) in [5.41, 5.74) is 0.662. The standard InChI is InChI=1S/C21H20O7/c1-13(22)27-17-12-18(25-3)20(26-4)21(28-14(2)23)19(17)16(24)11-10-15-8-6-5-7-9-15/h5-12H,1-4H3. The molecule has 0 N–H and O–H groups in total. The van der Waals surface area contributed by atoms with E-state index in [9.17, 15) is 14.4 Å². The van der Waals surface area contributed by atoms with Gasteiger partial charge in [-0.2, -0.15) is 0 Å². The van der Waals surface area contributed by atoms with Gasteiger partial charge in [-0.3, -0.25) is 14.4 Å². The number of ketones is 1. The van der Waals surface area contributed by atoms with Crippen molar-refractivity contribution < 1.29 is 33.3 Å². The van der Waals surface area contributed by atoms with E-state index >= 15 is 0 Å². The predicted molar refractivity (Wildman–Crippen MR) is 102 cm³/mol. The molecule has 0 aliphatic carbocycles. The minimum atomic E-state index is -0.679. The zero-order valence-corrected chi connectivity index (χ0v) is 16.0. The van der Waals surface area contributed by atoms with Gasteiger partial charge in [0.25, 0.3) is 0 Å². The summed E-state index contributed by atoms with van der Waals surface area (Å²) in [5.74, 6) is -2.00. The molecule has 146 valence electrons. The lowest BCUT2D eigenvalue weighted by molar-refractivity contribution is -0.132. The normalized spacial score (nSPS) is 10.4. The minimum absolute atomic E-state index is 0.0325. The van der Waals surface area contributed by atoms with Gasteiger partial charge in [0, 0.05) is 19.9 Å². The lowest BCUT2D eigenvalue weighted by Crippen LogP contribution is -2.13. The Morgan fingerprint density at radius 3 is 2.00 bits per heavy atom. The van der Waals surface area contributed by atoms with Crippen molar-refractivity contribution in [3.63, 3.8) is 0 Å². The van der Waals surface area contributed by atoms with Gasteiger partial charge in [0.05, 0.1) is 14.2 Å². The Balaban J connectivity index is 2.65. The minimum Gasteiger partial charge on any atom is -0.493 e. The van der Waals surface area contributed by atoms with E-state index in [1.54, 1.807) is 6.08 Å². The van der Waals surface area contributed by atoms with Gasteiger partial charge in [-0.25, -0.2) is 0 Å². The summed E-state index contributed by atoms with van der Waals surface area (Å²) in [5, 5.41) is 0. The number of ether oxygens (including phenoxy) is 4. The quantitative estimate of drug-likeness (QED) is 0.313. The molecule has 2 aromatic rings. The molecule has 0 radical (unpaired) electrons. The fourth-order valence-electron chi connectivity index (χ4n) is 2.47. The molecule has 0 spiro atoms. The Morgan fingerprint density at radius 2 is 1.46 bits per heavy atom. The van der Waals surface area contributed by atoms with Gasteiger partial charge in [0.15, 0.2) is 17.3 Å². The van der Waals surface area contributed by atoms with Crippen molar-refractivity contribution in [3.8, 4) is 23.0 Å². The average Bonchev–Trinajstić information content (AvgIpc) is 2.65. The van der Waals surface area contributed by atoms with Crippen molar-refractivity contribution in [2.24, 2.45) is 0 Å². The average molecular weight is 384 g/mol. The van der Waals surface area contributed by atoms with Crippen LogP contribution in [0.2, 0.25) is 0 Å². The smallest absolute Gasteiger partial charge is 0.308 e. The number of carbonyl (C=O) groups is 3. The second-order valence-electron chi connectivity index (χ2n) is 5.61. The molecule has 2 rings (SSSR count). The third-order valence-electron chi connectivity index (χ3n) is 3.56. The molecule has 0 saturated heterocycles. The number of esters is 2. The van der Waals surface area contributed by atoms with E-state index in [2.05, 4.69) is 0 Å². The number of benzene rings is 2. The van der Waals surface area contributed by atoms with E-state index in [1.807, 2.05) is 30.3 Å². The van der Waals surface area contributed by atoms with Crippen molar-refractivity contribution in [1.29, 1.82) is 0 Å². The third-order valence-corrected chi connectivity index (χ3v) is 3.56. The fraction of sp³-hybridized carbons (Fsp3) is 0.190. The maximum absolute atomic E-state index is 12.9. The number of rotatable bonds is 7. The largest absolute Gasteiger partial charge is 0.493 e. The van der Waals surface area contributed by atoms with Crippen molar-refractivity contribution in [1.82, 2.24) is 0 Å². The first-order valence-electron chi connectivity index (χ1n) is 8.30. The molecule has 0 fully saturated rings. The summed E-state index contributed by atoms with van der Waals surface area (Å²) in [7, 11) is 2.70. The van der Waals surface area contributed by atoms with Crippen molar-refractivity contribution >= 4 is 23.8 Å². The van der Waals surface area contributed by atoms with Gasteiger partial charge in [-0.1, -0.05) is 36.4 Å². The Kier molecular flexibility index (Phi) is 6.92.